The molecule has 0 saturated carbocycles. The number of aromatic carboxylic acids is 1. The summed E-state index contributed by atoms with van der Waals surface area (Å²) in [5, 5.41) is 8.98. The van der Waals surface area contributed by atoms with Crippen molar-refractivity contribution in [2.75, 3.05) is 0 Å². The molecule has 1 N–H and O–H groups in total. The summed E-state index contributed by atoms with van der Waals surface area (Å²) in [5.74, 6) is -0.793. The number of carboxylic acids is 1. The normalized spacial score (nSPS) is 10.4. The van der Waals surface area contributed by atoms with E-state index in [1.807, 2.05) is 6.07 Å². The molecule has 0 radical (unpaired) electrons. The van der Waals surface area contributed by atoms with Crippen molar-refractivity contribution >= 4 is 29.3 Å². The topological polar surface area (TPSA) is 37.3 Å². The van der Waals surface area contributed by atoms with E-state index in [1.165, 1.54) is 17.8 Å². The smallest absolute Gasteiger partial charge is 0.335 e. The maximum absolute atomic E-state index is 13.0. The molecule has 0 fully saturated rings. The van der Waals surface area contributed by atoms with Crippen LogP contribution in [-0.4, -0.2) is 11.1 Å². The number of carbonyl (C=O) groups is 1. The third-order valence-electron chi connectivity index (χ3n) is 2.47. The molecule has 0 aromatic heterocycles. The zero-order chi connectivity index (χ0) is 13.8. The fraction of sp³-hybridized carbons (Fsp3) is 0.0714. The Bertz CT molecular complexity index is 616. The predicted octanol–water partition coefficient (Wildman–Crippen LogP) is 4.47. The Morgan fingerprint density at radius 2 is 2.05 bits per heavy atom. The van der Waals surface area contributed by atoms with Gasteiger partial charge in [-0.25, -0.2) is 9.18 Å². The summed E-state index contributed by atoms with van der Waals surface area (Å²) in [5.41, 5.74) is 1.15. The van der Waals surface area contributed by atoms with Gasteiger partial charge in [-0.05, 0) is 35.9 Å². The lowest BCUT2D eigenvalue weighted by Gasteiger charge is -2.04. The molecule has 0 aliphatic heterocycles. The quantitative estimate of drug-likeness (QED) is 0.846. The van der Waals surface area contributed by atoms with Gasteiger partial charge in [0.2, 0.25) is 0 Å². The molecule has 0 bridgehead atoms. The van der Waals surface area contributed by atoms with Crippen LogP contribution in [0.1, 0.15) is 15.9 Å². The Kier molecular flexibility index (Phi) is 4.45. The van der Waals surface area contributed by atoms with Crippen LogP contribution in [0.25, 0.3) is 0 Å². The van der Waals surface area contributed by atoms with Crippen LogP contribution in [0.2, 0.25) is 5.02 Å². The molecule has 5 heteroatoms. The minimum atomic E-state index is -0.948. The molecule has 98 valence electrons. The lowest BCUT2D eigenvalue weighted by atomic mass is 10.1. The van der Waals surface area contributed by atoms with Crippen molar-refractivity contribution in [3.63, 3.8) is 0 Å². The highest BCUT2D eigenvalue weighted by Crippen LogP contribution is 2.27. The maximum Gasteiger partial charge on any atom is 0.335 e. The highest BCUT2D eigenvalue weighted by Gasteiger charge is 2.05. The second-order valence-electron chi connectivity index (χ2n) is 3.87. The second-order valence-corrected chi connectivity index (χ2v) is 5.33. The van der Waals surface area contributed by atoms with Crippen LogP contribution in [0.3, 0.4) is 0 Å². The van der Waals surface area contributed by atoms with Crippen molar-refractivity contribution in [2.45, 2.75) is 10.6 Å². The van der Waals surface area contributed by atoms with E-state index in [2.05, 4.69) is 0 Å². The number of hydrogen-bond acceptors (Lipinski definition) is 2. The number of rotatable bonds is 4. The van der Waals surface area contributed by atoms with Crippen LogP contribution >= 0.6 is 23.4 Å². The van der Waals surface area contributed by atoms with Crippen LogP contribution in [0, 0.1) is 5.82 Å². The molecule has 0 aliphatic rings. The highest BCUT2D eigenvalue weighted by atomic mass is 35.5. The second kappa shape index (κ2) is 6.08. The number of carboxylic acid groups (broad SMARTS) is 1. The van der Waals surface area contributed by atoms with Crippen LogP contribution in [-0.2, 0) is 5.75 Å². The van der Waals surface area contributed by atoms with E-state index in [1.54, 1.807) is 30.3 Å². The maximum atomic E-state index is 13.0. The third-order valence-corrected chi connectivity index (χ3v) is 3.83. The third kappa shape index (κ3) is 3.72. The minimum absolute atomic E-state index is 0.0873. The van der Waals surface area contributed by atoms with Gasteiger partial charge >= 0.3 is 5.97 Å². The van der Waals surface area contributed by atoms with Crippen LogP contribution in [0.15, 0.2) is 47.4 Å². The number of benzene rings is 2. The van der Waals surface area contributed by atoms with Crippen molar-refractivity contribution in [3.8, 4) is 0 Å². The molecule has 2 nitrogen and oxygen atoms in total. The monoisotopic (exact) mass is 296 g/mol. The van der Waals surface area contributed by atoms with Crippen molar-refractivity contribution in [1.82, 2.24) is 0 Å². The fourth-order valence-corrected chi connectivity index (χ4v) is 2.65. The molecule has 0 atom stereocenters. The molecule has 0 aliphatic carbocycles. The Morgan fingerprint density at radius 3 is 2.74 bits per heavy atom. The first-order chi connectivity index (χ1) is 9.06. The molecular formula is C14H10ClFO2S. The molecule has 0 heterocycles. The van der Waals surface area contributed by atoms with Crippen molar-refractivity contribution < 1.29 is 14.3 Å². The summed E-state index contributed by atoms with van der Waals surface area (Å²) in [6, 6.07) is 11.3. The van der Waals surface area contributed by atoms with Gasteiger partial charge in [-0.1, -0.05) is 23.7 Å². The highest BCUT2D eigenvalue weighted by molar-refractivity contribution is 7.98. The predicted molar refractivity (Wildman–Crippen MR) is 74.4 cm³/mol. The van der Waals surface area contributed by atoms with Crippen molar-refractivity contribution in [1.29, 1.82) is 0 Å². The van der Waals surface area contributed by atoms with Gasteiger partial charge in [-0.15, -0.1) is 11.8 Å². The van der Waals surface area contributed by atoms with E-state index in [4.69, 9.17) is 16.7 Å². The summed E-state index contributed by atoms with van der Waals surface area (Å²) in [7, 11) is 0. The van der Waals surface area contributed by atoms with Gasteiger partial charge in [-0.2, -0.15) is 0 Å². The van der Waals surface area contributed by atoms with E-state index in [0.29, 0.717) is 5.75 Å². The van der Waals surface area contributed by atoms with Gasteiger partial charge in [0.25, 0.3) is 0 Å². The molecule has 2 rings (SSSR count). The van der Waals surface area contributed by atoms with Gasteiger partial charge < -0.3 is 5.11 Å². The first-order valence-corrected chi connectivity index (χ1v) is 6.83. The molecular weight excluding hydrogens is 287 g/mol. The SMILES string of the molecule is O=C(O)c1cccc(CSc2ccc(F)c(Cl)c2)c1. The van der Waals surface area contributed by atoms with Gasteiger partial charge in [0.15, 0.2) is 0 Å². The summed E-state index contributed by atoms with van der Waals surface area (Å²) in [6.07, 6.45) is 0. The molecule has 2 aromatic carbocycles. The first kappa shape index (κ1) is 13.9. The molecule has 0 amide bonds. The van der Waals surface area contributed by atoms with Crippen LogP contribution in [0.4, 0.5) is 4.39 Å². The Balaban J connectivity index is 2.07. The van der Waals surface area contributed by atoms with Gasteiger partial charge in [0.1, 0.15) is 5.82 Å². The van der Waals surface area contributed by atoms with Crippen LogP contribution in [0.5, 0.6) is 0 Å². The van der Waals surface area contributed by atoms with E-state index in [0.717, 1.165) is 10.5 Å². The summed E-state index contributed by atoms with van der Waals surface area (Å²) in [4.78, 5) is 11.7. The summed E-state index contributed by atoms with van der Waals surface area (Å²) in [6.45, 7) is 0. The van der Waals surface area contributed by atoms with Crippen LogP contribution < -0.4 is 0 Å². The Morgan fingerprint density at radius 1 is 1.26 bits per heavy atom. The fourth-order valence-electron chi connectivity index (χ4n) is 1.53. The van der Waals surface area contributed by atoms with Crippen molar-refractivity contribution in [2.24, 2.45) is 0 Å². The summed E-state index contributed by atoms with van der Waals surface area (Å²) < 4.78 is 13.0. The largest absolute Gasteiger partial charge is 0.478 e. The van der Waals surface area contributed by atoms with E-state index in [9.17, 15) is 9.18 Å². The number of hydrogen-bond donors (Lipinski definition) is 1. The number of thioether (sulfide) groups is 1. The zero-order valence-electron chi connectivity index (χ0n) is 9.77. The minimum Gasteiger partial charge on any atom is -0.478 e. The zero-order valence-corrected chi connectivity index (χ0v) is 11.3. The van der Waals surface area contributed by atoms with Crippen molar-refractivity contribution in [3.05, 3.63) is 64.4 Å². The molecule has 0 saturated heterocycles. The Hall–Kier alpha value is -1.52. The number of halogens is 2. The van der Waals surface area contributed by atoms with Gasteiger partial charge in [0, 0.05) is 10.6 Å². The standard InChI is InChI=1S/C14H10ClFO2S/c15-12-7-11(4-5-13(12)16)19-8-9-2-1-3-10(6-9)14(17)18/h1-7H,8H2,(H,17,18). The molecule has 0 spiro atoms. The summed E-state index contributed by atoms with van der Waals surface area (Å²) >= 11 is 7.17. The Labute approximate surface area is 119 Å². The molecule has 2 aromatic rings. The lowest BCUT2D eigenvalue weighted by Crippen LogP contribution is -1.96. The first-order valence-electron chi connectivity index (χ1n) is 5.46. The average molecular weight is 297 g/mol. The van der Waals surface area contributed by atoms with E-state index < -0.39 is 11.8 Å². The van der Waals surface area contributed by atoms with E-state index in [-0.39, 0.29) is 10.6 Å². The van der Waals surface area contributed by atoms with E-state index >= 15 is 0 Å². The van der Waals surface area contributed by atoms with Gasteiger partial charge in [-0.3, -0.25) is 0 Å². The average Bonchev–Trinajstić information content (AvgIpc) is 2.40. The molecule has 0 unspecified atom stereocenters. The van der Waals surface area contributed by atoms with Gasteiger partial charge in [0.05, 0.1) is 10.6 Å². The molecule has 19 heavy (non-hydrogen) atoms. The lowest BCUT2D eigenvalue weighted by molar-refractivity contribution is 0.0697.